The van der Waals surface area contributed by atoms with E-state index in [1.165, 1.54) is 18.4 Å². The van der Waals surface area contributed by atoms with Crippen LogP contribution in [0.4, 0.5) is 4.79 Å². The zero-order valence-electron chi connectivity index (χ0n) is 18.4. The summed E-state index contributed by atoms with van der Waals surface area (Å²) >= 11 is 0. The van der Waals surface area contributed by atoms with Crippen molar-refractivity contribution in [3.8, 4) is 5.75 Å². The molecule has 0 radical (unpaired) electrons. The molecule has 2 saturated heterocycles. The predicted octanol–water partition coefficient (Wildman–Crippen LogP) is 2.78. The van der Waals surface area contributed by atoms with Crippen molar-refractivity contribution in [2.75, 3.05) is 46.4 Å². The Hall–Kier alpha value is -2.28. The number of methoxy groups -OCH3 is 1. The normalized spacial score (nSPS) is 18.8. The van der Waals surface area contributed by atoms with E-state index in [-0.39, 0.29) is 23.9 Å². The molecule has 1 aromatic rings. The Kier molecular flexibility index (Phi) is 8.37. The third kappa shape index (κ3) is 5.88. The summed E-state index contributed by atoms with van der Waals surface area (Å²) in [6.45, 7) is 6.71. The van der Waals surface area contributed by atoms with Crippen LogP contribution in [-0.2, 0) is 4.79 Å². The van der Waals surface area contributed by atoms with Crippen LogP contribution in [0.3, 0.4) is 0 Å². The van der Waals surface area contributed by atoms with E-state index in [0.717, 1.165) is 44.6 Å². The van der Waals surface area contributed by atoms with Gasteiger partial charge in [-0.25, -0.2) is 4.79 Å². The average molecular weight is 417 g/mol. The molecule has 7 nitrogen and oxygen atoms in total. The van der Waals surface area contributed by atoms with Crippen molar-refractivity contribution in [2.24, 2.45) is 5.92 Å². The van der Waals surface area contributed by atoms with Gasteiger partial charge in [0.05, 0.1) is 13.2 Å². The summed E-state index contributed by atoms with van der Waals surface area (Å²) in [5, 5.41) is 6.12. The summed E-state index contributed by atoms with van der Waals surface area (Å²) in [6, 6.07) is 8.24. The van der Waals surface area contributed by atoms with Crippen molar-refractivity contribution in [2.45, 2.75) is 45.1 Å². The maximum atomic E-state index is 12.8. The molecule has 2 aliphatic heterocycles. The van der Waals surface area contributed by atoms with Crippen molar-refractivity contribution >= 4 is 11.9 Å². The molecule has 1 aromatic carbocycles. The summed E-state index contributed by atoms with van der Waals surface area (Å²) in [7, 11) is 1.68. The minimum Gasteiger partial charge on any atom is -0.497 e. The first-order valence-corrected chi connectivity index (χ1v) is 11.3. The van der Waals surface area contributed by atoms with Gasteiger partial charge in [-0.2, -0.15) is 0 Å². The van der Waals surface area contributed by atoms with Gasteiger partial charge in [-0.15, -0.1) is 0 Å². The second-order valence-electron chi connectivity index (χ2n) is 8.27. The molecular formula is C23H36N4O3. The monoisotopic (exact) mass is 416 g/mol. The Morgan fingerprint density at radius 3 is 2.53 bits per heavy atom. The maximum absolute atomic E-state index is 12.8. The van der Waals surface area contributed by atoms with E-state index in [0.29, 0.717) is 19.6 Å². The van der Waals surface area contributed by atoms with Gasteiger partial charge in [0.1, 0.15) is 5.75 Å². The molecule has 0 saturated carbocycles. The Labute approximate surface area is 180 Å². The molecule has 0 spiro atoms. The van der Waals surface area contributed by atoms with Crippen LogP contribution < -0.4 is 15.4 Å². The van der Waals surface area contributed by atoms with E-state index in [9.17, 15) is 9.59 Å². The van der Waals surface area contributed by atoms with E-state index in [4.69, 9.17) is 4.74 Å². The minimum atomic E-state index is -0.0329. The molecule has 1 atom stereocenters. The quantitative estimate of drug-likeness (QED) is 0.683. The highest BCUT2D eigenvalue weighted by Crippen LogP contribution is 2.27. The van der Waals surface area contributed by atoms with Crippen molar-refractivity contribution in [3.05, 3.63) is 29.8 Å². The molecule has 2 fully saturated rings. The Bertz CT molecular complexity index is 697. The molecule has 0 bridgehead atoms. The van der Waals surface area contributed by atoms with Crippen molar-refractivity contribution < 1.29 is 14.3 Å². The van der Waals surface area contributed by atoms with Gasteiger partial charge in [-0.3, -0.25) is 9.69 Å². The van der Waals surface area contributed by atoms with Gasteiger partial charge < -0.3 is 20.3 Å². The number of rotatable bonds is 8. The van der Waals surface area contributed by atoms with Gasteiger partial charge >= 0.3 is 6.03 Å². The fraction of sp³-hybridized carbons (Fsp3) is 0.652. The lowest BCUT2D eigenvalue weighted by Gasteiger charge is -2.33. The lowest BCUT2D eigenvalue weighted by atomic mass is 9.96. The highest BCUT2D eigenvalue weighted by molar-refractivity contribution is 5.79. The summed E-state index contributed by atoms with van der Waals surface area (Å²) < 4.78 is 5.40. The number of carbonyl (C=O) groups excluding carboxylic acids is 2. The van der Waals surface area contributed by atoms with Crippen LogP contribution in [0.1, 0.15) is 50.6 Å². The molecule has 0 aliphatic carbocycles. The topological polar surface area (TPSA) is 73.9 Å². The highest BCUT2D eigenvalue weighted by Gasteiger charge is 2.29. The number of hydrogen-bond acceptors (Lipinski definition) is 4. The first-order valence-electron chi connectivity index (χ1n) is 11.3. The van der Waals surface area contributed by atoms with E-state index < -0.39 is 0 Å². The molecule has 2 aliphatic rings. The van der Waals surface area contributed by atoms with Crippen LogP contribution in [0, 0.1) is 5.92 Å². The summed E-state index contributed by atoms with van der Waals surface area (Å²) in [5.74, 6) is 0.991. The molecule has 166 valence electrons. The average Bonchev–Trinajstić information content (AvgIpc) is 3.32. The van der Waals surface area contributed by atoms with Crippen LogP contribution in [0.25, 0.3) is 0 Å². The fourth-order valence-electron chi connectivity index (χ4n) is 4.39. The number of urea groups is 1. The number of likely N-dealkylation sites (tertiary alicyclic amines) is 2. The number of amides is 3. The van der Waals surface area contributed by atoms with Crippen molar-refractivity contribution in [1.29, 1.82) is 0 Å². The highest BCUT2D eigenvalue weighted by atomic mass is 16.5. The molecule has 2 N–H and O–H groups in total. The summed E-state index contributed by atoms with van der Waals surface area (Å²) in [5.41, 5.74) is 1.17. The van der Waals surface area contributed by atoms with E-state index >= 15 is 0 Å². The maximum Gasteiger partial charge on any atom is 0.317 e. The van der Waals surface area contributed by atoms with Gasteiger partial charge in [0.2, 0.25) is 5.91 Å². The van der Waals surface area contributed by atoms with Crippen LogP contribution in [0.5, 0.6) is 5.75 Å². The van der Waals surface area contributed by atoms with Gasteiger partial charge in [0.15, 0.2) is 0 Å². The number of benzene rings is 1. The molecule has 30 heavy (non-hydrogen) atoms. The SMILES string of the molecule is CCCNC(=O)C1CCN(C(=O)NCC(c2cccc(OC)c2)N2CCCC2)CC1. The third-order valence-corrected chi connectivity index (χ3v) is 6.21. The van der Waals surface area contributed by atoms with Crippen LogP contribution in [0.15, 0.2) is 24.3 Å². The van der Waals surface area contributed by atoms with Crippen molar-refractivity contribution in [1.82, 2.24) is 20.4 Å². The summed E-state index contributed by atoms with van der Waals surface area (Å²) in [6.07, 6.45) is 4.80. The molecule has 7 heteroatoms. The minimum absolute atomic E-state index is 0.0229. The van der Waals surface area contributed by atoms with E-state index in [1.807, 2.05) is 24.0 Å². The van der Waals surface area contributed by atoms with E-state index in [2.05, 4.69) is 27.7 Å². The fourth-order valence-corrected chi connectivity index (χ4v) is 4.39. The molecule has 3 rings (SSSR count). The largest absolute Gasteiger partial charge is 0.497 e. The number of ether oxygens (including phenoxy) is 1. The number of piperidine rings is 1. The zero-order valence-corrected chi connectivity index (χ0v) is 18.4. The molecule has 0 aromatic heterocycles. The molecular weight excluding hydrogens is 380 g/mol. The Morgan fingerprint density at radius 2 is 1.87 bits per heavy atom. The second kappa shape index (κ2) is 11.2. The lowest BCUT2D eigenvalue weighted by molar-refractivity contribution is -0.126. The van der Waals surface area contributed by atoms with Gasteiger partial charge in [-0.1, -0.05) is 19.1 Å². The second-order valence-corrected chi connectivity index (χ2v) is 8.27. The van der Waals surface area contributed by atoms with E-state index in [1.54, 1.807) is 7.11 Å². The number of carbonyl (C=O) groups is 2. The van der Waals surface area contributed by atoms with Crippen LogP contribution in [0.2, 0.25) is 0 Å². The molecule has 1 unspecified atom stereocenters. The van der Waals surface area contributed by atoms with Gasteiger partial charge in [0, 0.05) is 32.1 Å². The zero-order chi connectivity index (χ0) is 21.3. The third-order valence-electron chi connectivity index (χ3n) is 6.21. The van der Waals surface area contributed by atoms with Gasteiger partial charge in [0.25, 0.3) is 0 Å². The predicted molar refractivity (Wildman–Crippen MR) is 118 cm³/mol. The lowest BCUT2D eigenvalue weighted by Crippen LogP contribution is -2.48. The number of nitrogens with zero attached hydrogens (tertiary/aromatic N) is 2. The van der Waals surface area contributed by atoms with Crippen LogP contribution in [-0.4, -0.2) is 68.1 Å². The first-order chi connectivity index (χ1) is 14.6. The van der Waals surface area contributed by atoms with Gasteiger partial charge in [-0.05, 0) is 62.9 Å². The molecule has 2 heterocycles. The smallest absolute Gasteiger partial charge is 0.317 e. The summed E-state index contributed by atoms with van der Waals surface area (Å²) in [4.78, 5) is 29.2. The number of hydrogen-bond donors (Lipinski definition) is 2. The Balaban J connectivity index is 1.54. The van der Waals surface area contributed by atoms with Crippen molar-refractivity contribution in [3.63, 3.8) is 0 Å². The Morgan fingerprint density at radius 1 is 1.13 bits per heavy atom. The standard InChI is InChI=1S/C23H36N4O3/c1-3-11-24-22(28)18-9-14-27(15-10-18)23(29)25-17-21(26-12-4-5-13-26)19-7-6-8-20(16-19)30-2/h6-8,16,18,21H,3-5,9-15,17H2,1-2H3,(H,24,28)(H,25,29). The van der Waals surface area contributed by atoms with Crippen LogP contribution >= 0.6 is 0 Å². The first kappa shape index (κ1) is 22.4. The number of nitrogens with one attached hydrogen (secondary N) is 2. The molecule has 3 amide bonds.